The van der Waals surface area contributed by atoms with E-state index in [0.29, 0.717) is 6.04 Å². The van der Waals surface area contributed by atoms with E-state index in [1.165, 1.54) is 36.9 Å². The molecule has 0 amide bonds. The molecule has 100 valence electrons. The van der Waals surface area contributed by atoms with E-state index in [9.17, 15) is 0 Å². The monoisotopic (exact) mass is 246 g/mol. The van der Waals surface area contributed by atoms with Gasteiger partial charge in [-0.2, -0.15) is 0 Å². The molecule has 2 heteroatoms. The SMILES string of the molecule is CCNC(c1cccnc1C)C1CCCC(C)C1. The van der Waals surface area contributed by atoms with Crippen LogP contribution in [0.2, 0.25) is 0 Å². The molecule has 1 N–H and O–H groups in total. The molecule has 1 aromatic rings. The van der Waals surface area contributed by atoms with Crippen LogP contribution in [-0.2, 0) is 0 Å². The van der Waals surface area contributed by atoms with Gasteiger partial charge in [0.15, 0.2) is 0 Å². The van der Waals surface area contributed by atoms with E-state index in [1.54, 1.807) is 0 Å². The third-order valence-corrected chi connectivity index (χ3v) is 4.26. The van der Waals surface area contributed by atoms with Crippen LogP contribution in [0.5, 0.6) is 0 Å². The lowest BCUT2D eigenvalue weighted by Gasteiger charge is -2.34. The summed E-state index contributed by atoms with van der Waals surface area (Å²) in [5, 5.41) is 3.69. The zero-order chi connectivity index (χ0) is 13.0. The molecule has 0 bridgehead atoms. The second-order valence-corrected chi connectivity index (χ2v) is 5.75. The van der Waals surface area contributed by atoms with Crippen molar-refractivity contribution in [3.63, 3.8) is 0 Å². The molecule has 0 aliphatic heterocycles. The predicted octanol–water partition coefficient (Wildman–Crippen LogP) is 3.87. The van der Waals surface area contributed by atoms with Gasteiger partial charge in [0.25, 0.3) is 0 Å². The molecular formula is C16H26N2. The molecule has 18 heavy (non-hydrogen) atoms. The normalized spacial score (nSPS) is 25.9. The summed E-state index contributed by atoms with van der Waals surface area (Å²) in [6, 6.07) is 4.81. The highest BCUT2D eigenvalue weighted by Gasteiger charge is 2.28. The second-order valence-electron chi connectivity index (χ2n) is 5.75. The van der Waals surface area contributed by atoms with Crippen LogP contribution in [0.3, 0.4) is 0 Å². The quantitative estimate of drug-likeness (QED) is 0.872. The smallest absolute Gasteiger partial charge is 0.0420 e. The van der Waals surface area contributed by atoms with Crippen molar-refractivity contribution in [1.29, 1.82) is 0 Å². The van der Waals surface area contributed by atoms with Gasteiger partial charge in [-0.25, -0.2) is 0 Å². The Bertz CT molecular complexity index is 375. The second kappa shape index (κ2) is 6.33. The highest BCUT2D eigenvalue weighted by molar-refractivity contribution is 5.23. The third kappa shape index (κ3) is 3.11. The lowest BCUT2D eigenvalue weighted by atomic mass is 9.76. The summed E-state index contributed by atoms with van der Waals surface area (Å²) in [7, 11) is 0. The number of nitrogens with one attached hydrogen (secondary N) is 1. The zero-order valence-corrected chi connectivity index (χ0v) is 11.9. The van der Waals surface area contributed by atoms with E-state index in [4.69, 9.17) is 0 Å². The molecule has 3 atom stereocenters. The van der Waals surface area contributed by atoms with Crippen molar-refractivity contribution in [1.82, 2.24) is 10.3 Å². The van der Waals surface area contributed by atoms with Crippen molar-refractivity contribution in [3.05, 3.63) is 29.6 Å². The topological polar surface area (TPSA) is 24.9 Å². The fourth-order valence-corrected chi connectivity index (χ4v) is 3.36. The maximum atomic E-state index is 4.46. The van der Waals surface area contributed by atoms with Gasteiger partial charge in [0.2, 0.25) is 0 Å². The number of aryl methyl sites for hydroxylation is 1. The molecule has 1 fully saturated rings. The number of rotatable bonds is 4. The van der Waals surface area contributed by atoms with Crippen molar-refractivity contribution in [3.8, 4) is 0 Å². The summed E-state index contributed by atoms with van der Waals surface area (Å²) < 4.78 is 0. The molecule has 1 aliphatic rings. The summed E-state index contributed by atoms with van der Waals surface area (Å²) >= 11 is 0. The Kier molecular flexibility index (Phi) is 4.76. The van der Waals surface area contributed by atoms with Gasteiger partial charge in [0.05, 0.1) is 0 Å². The molecule has 3 unspecified atom stereocenters. The lowest BCUT2D eigenvalue weighted by molar-refractivity contribution is 0.224. The van der Waals surface area contributed by atoms with Gasteiger partial charge in [-0.1, -0.05) is 32.8 Å². The van der Waals surface area contributed by atoms with Crippen molar-refractivity contribution in [2.75, 3.05) is 6.54 Å². The molecule has 1 aliphatic carbocycles. The highest BCUT2D eigenvalue weighted by atomic mass is 14.9. The minimum absolute atomic E-state index is 0.492. The molecule has 0 spiro atoms. The average Bonchev–Trinajstić information content (AvgIpc) is 2.37. The molecule has 0 aromatic carbocycles. The first-order chi connectivity index (χ1) is 8.72. The molecule has 1 aromatic heterocycles. The Morgan fingerprint density at radius 1 is 1.44 bits per heavy atom. The summed E-state index contributed by atoms with van der Waals surface area (Å²) in [4.78, 5) is 4.46. The van der Waals surface area contributed by atoms with Gasteiger partial charge < -0.3 is 5.32 Å². The van der Waals surface area contributed by atoms with Crippen LogP contribution >= 0.6 is 0 Å². The summed E-state index contributed by atoms with van der Waals surface area (Å²) in [6.45, 7) is 7.76. The molecular weight excluding hydrogens is 220 g/mol. The Balaban J connectivity index is 2.19. The average molecular weight is 246 g/mol. The summed E-state index contributed by atoms with van der Waals surface area (Å²) in [6.07, 6.45) is 7.39. The largest absolute Gasteiger partial charge is 0.310 e. The predicted molar refractivity (Wildman–Crippen MR) is 76.5 cm³/mol. The lowest BCUT2D eigenvalue weighted by Crippen LogP contribution is -2.31. The zero-order valence-electron chi connectivity index (χ0n) is 11.9. The first kappa shape index (κ1) is 13.5. The fraction of sp³-hybridized carbons (Fsp3) is 0.688. The summed E-state index contributed by atoms with van der Waals surface area (Å²) in [5.41, 5.74) is 2.58. The first-order valence-corrected chi connectivity index (χ1v) is 7.37. The number of aromatic nitrogens is 1. The first-order valence-electron chi connectivity index (χ1n) is 7.37. The van der Waals surface area contributed by atoms with Crippen LogP contribution in [0.15, 0.2) is 18.3 Å². The highest BCUT2D eigenvalue weighted by Crippen LogP contribution is 2.37. The standard InChI is InChI=1S/C16H26N2/c1-4-17-16(14-8-5-7-12(2)11-14)15-9-6-10-18-13(15)3/h6,9-10,12,14,16-17H,4-5,7-8,11H2,1-3H3. The van der Waals surface area contributed by atoms with Gasteiger partial charge in [0, 0.05) is 17.9 Å². The van der Waals surface area contributed by atoms with Gasteiger partial charge in [-0.05, 0) is 49.8 Å². The van der Waals surface area contributed by atoms with E-state index >= 15 is 0 Å². The van der Waals surface area contributed by atoms with E-state index < -0.39 is 0 Å². The minimum atomic E-state index is 0.492. The molecule has 1 heterocycles. The molecule has 0 radical (unpaired) electrons. The van der Waals surface area contributed by atoms with Crippen LogP contribution in [0.25, 0.3) is 0 Å². The minimum Gasteiger partial charge on any atom is -0.310 e. The number of hydrogen-bond donors (Lipinski definition) is 1. The molecule has 1 saturated carbocycles. The maximum absolute atomic E-state index is 4.46. The van der Waals surface area contributed by atoms with Gasteiger partial charge in [0.1, 0.15) is 0 Å². The Hall–Kier alpha value is -0.890. The molecule has 2 nitrogen and oxygen atoms in total. The van der Waals surface area contributed by atoms with Gasteiger partial charge >= 0.3 is 0 Å². The van der Waals surface area contributed by atoms with Gasteiger partial charge in [-0.3, -0.25) is 4.98 Å². The van der Waals surface area contributed by atoms with Crippen molar-refractivity contribution < 1.29 is 0 Å². The molecule has 0 saturated heterocycles. The van der Waals surface area contributed by atoms with Crippen molar-refractivity contribution in [2.24, 2.45) is 11.8 Å². The fourth-order valence-electron chi connectivity index (χ4n) is 3.36. The van der Waals surface area contributed by atoms with E-state index in [1.807, 2.05) is 6.20 Å². The molecule has 2 rings (SSSR count). The van der Waals surface area contributed by atoms with Crippen LogP contribution in [-0.4, -0.2) is 11.5 Å². The number of nitrogens with zero attached hydrogens (tertiary/aromatic N) is 1. The number of pyridine rings is 1. The van der Waals surface area contributed by atoms with Crippen LogP contribution in [0.4, 0.5) is 0 Å². The Morgan fingerprint density at radius 2 is 2.28 bits per heavy atom. The van der Waals surface area contributed by atoms with Crippen molar-refractivity contribution in [2.45, 2.75) is 52.5 Å². The number of hydrogen-bond acceptors (Lipinski definition) is 2. The van der Waals surface area contributed by atoms with Crippen LogP contribution in [0.1, 0.15) is 56.8 Å². The van der Waals surface area contributed by atoms with Crippen molar-refractivity contribution >= 4 is 0 Å². The third-order valence-electron chi connectivity index (χ3n) is 4.26. The Morgan fingerprint density at radius 3 is 2.94 bits per heavy atom. The summed E-state index contributed by atoms with van der Waals surface area (Å²) in [5.74, 6) is 1.65. The van der Waals surface area contributed by atoms with Crippen LogP contribution in [0, 0.1) is 18.8 Å². The van der Waals surface area contributed by atoms with E-state index in [-0.39, 0.29) is 0 Å². The van der Waals surface area contributed by atoms with E-state index in [0.717, 1.165) is 18.4 Å². The maximum Gasteiger partial charge on any atom is 0.0420 e. The van der Waals surface area contributed by atoms with Gasteiger partial charge in [-0.15, -0.1) is 0 Å². The Labute approximate surface area is 111 Å². The van der Waals surface area contributed by atoms with E-state index in [2.05, 4.69) is 43.2 Å². The van der Waals surface area contributed by atoms with Crippen LogP contribution < -0.4 is 5.32 Å².